The first-order chi connectivity index (χ1) is 9.11. The number of nitrogens with two attached hydrogens (primary N) is 1. The van der Waals surface area contributed by atoms with Crippen LogP contribution in [0.5, 0.6) is 0 Å². The molecule has 2 rings (SSSR count). The van der Waals surface area contributed by atoms with Gasteiger partial charge in [-0.1, -0.05) is 35.9 Å². The molecule has 0 aliphatic heterocycles. The summed E-state index contributed by atoms with van der Waals surface area (Å²) in [7, 11) is 2.05. The number of hydrogen-bond acceptors (Lipinski definition) is 2. The maximum Gasteiger partial charge on any atom is 0.0511 e. The summed E-state index contributed by atoms with van der Waals surface area (Å²) in [5.74, 6) is 0. The molecular weight excluding hydrogens is 324 g/mol. The van der Waals surface area contributed by atoms with Crippen molar-refractivity contribution in [3.05, 3.63) is 63.1 Å². The number of hydrogen-bond donors (Lipinski definition) is 1. The largest absolute Gasteiger partial charge is 0.369 e. The van der Waals surface area contributed by atoms with E-state index in [9.17, 15) is 0 Å². The van der Waals surface area contributed by atoms with Crippen molar-refractivity contribution in [2.75, 3.05) is 11.9 Å². The number of halogens is 2. The van der Waals surface area contributed by atoms with E-state index < -0.39 is 0 Å². The van der Waals surface area contributed by atoms with Crippen LogP contribution in [0.4, 0.5) is 5.69 Å². The maximum absolute atomic E-state index is 6.19. The number of anilines is 1. The van der Waals surface area contributed by atoms with Gasteiger partial charge < -0.3 is 10.6 Å². The zero-order valence-corrected chi connectivity index (χ0v) is 13.1. The van der Waals surface area contributed by atoms with Crippen molar-refractivity contribution in [2.45, 2.75) is 13.1 Å². The fourth-order valence-electron chi connectivity index (χ4n) is 1.95. The summed E-state index contributed by atoms with van der Waals surface area (Å²) in [6, 6.07) is 14.1. The number of rotatable bonds is 4. The number of benzene rings is 2. The van der Waals surface area contributed by atoms with Crippen molar-refractivity contribution in [2.24, 2.45) is 5.73 Å². The van der Waals surface area contributed by atoms with Crippen LogP contribution >= 0.6 is 27.5 Å². The van der Waals surface area contributed by atoms with Gasteiger partial charge in [-0.15, -0.1) is 0 Å². The van der Waals surface area contributed by atoms with Crippen LogP contribution in [0.3, 0.4) is 0 Å². The van der Waals surface area contributed by atoms with Gasteiger partial charge in [0.25, 0.3) is 0 Å². The van der Waals surface area contributed by atoms with Crippen molar-refractivity contribution in [3.63, 3.8) is 0 Å². The van der Waals surface area contributed by atoms with Crippen LogP contribution in [0.1, 0.15) is 11.1 Å². The van der Waals surface area contributed by atoms with E-state index in [1.165, 1.54) is 0 Å². The molecule has 0 heterocycles. The van der Waals surface area contributed by atoms with Crippen LogP contribution in [0.15, 0.2) is 46.9 Å². The molecule has 0 aliphatic carbocycles. The average Bonchev–Trinajstić information content (AvgIpc) is 2.41. The van der Waals surface area contributed by atoms with E-state index in [4.69, 9.17) is 17.3 Å². The molecule has 0 spiro atoms. The fraction of sp³-hybridized carbons (Fsp3) is 0.200. The lowest BCUT2D eigenvalue weighted by molar-refractivity contribution is 0.918. The topological polar surface area (TPSA) is 29.3 Å². The standard InChI is InChI=1S/C15H16BrClN2/c1-19(10-12-4-2-3-5-14(12)17)15-7-6-11(9-18)8-13(15)16/h2-8H,9-10,18H2,1H3. The van der Waals surface area contributed by atoms with Gasteiger partial charge in [0.05, 0.1) is 5.69 Å². The van der Waals surface area contributed by atoms with Gasteiger partial charge >= 0.3 is 0 Å². The Kier molecular flexibility index (Phi) is 4.86. The molecule has 0 bridgehead atoms. The summed E-state index contributed by atoms with van der Waals surface area (Å²) < 4.78 is 1.05. The van der Waals surface area contributed by atoms with Gasteiger partial charge in [-0.3, -0.25) is 0 Å². The lowest BCUT2D eigenvalue weighted by Crippen LogP contribution is -2.17. The molecule has 0 amide bonds. The minimum Gasteiger partial charge on any atom is -0.369 e. The third kappa shape index (κ3) is 3.50. The lowest BCUT2D eigenvalue weighted by atomic mass is 10.1. The maximum atomic E-state index is 6.19. The predicted octanol–water partition coefficient (Wildman–Crippen LogP) is 4.20. The molecular formula is C15H16BrClN2. The van der Waals surface area contributed by atoms with E-state index >= 15 is 0 Å². The second-order valence-electron chi connectivity index (χ2n) is 4.44. The first-order valence-corrected chi connectivity index (χ1v) is 7.22. The van der Waals surface area contributed by atoms with E-state index in [-0.39, 0.29) is 0 Å². The van der Waals surface area contributed by atoms with Gasteiger partial charge in [0.2, 0.25) is 0 Å². The van der Waals surface area contributed by atoms with E-state index in [0.29, 0.717) is 6.54 Å². The SMILES string of the molecule is CN(Cc1ccccc1Cl)c1ccc(CN)cc1Br. The fourth-order valence-corrected chi connectivity index (χ4v) is 2.88. The Morgan fingerprint density at radius 3 is 2.58 bits per heavy atom. The molecule has 0 atom stereocenters. The Balaban J connectivity index is 2.21. The molecule has 0 saturated carbocycles. The summed E-state index contributed by atoms with van der Waals surface area (Å²) >= 11 is 9.78. The molecule has 2 nitrogen and oxygen atoms in total. The molecule has 2 aromatic carbocycles. The van der Waals surface area contributed by atoms with Crippen LogP contribution in [0.25, 0.3) is 0 Å². The molecule has 0 aromatic heterocycles. The summed E-state index contributed by atoms with van der Waals surface area (Å²) in [4.78, 5) is 2.16. The Hall–Kier alpha value is -1.03. The predicted molar refractivity (Wildman–Crippen MR) is 85.6 cm³/mol. The first kappa shape index (κ1) is 14.4. The molecule has 4 heteroatoms. The summed E-state index contributed by atoms with van der Waals surface area (Å²) in [5, 5.41) is 0.795. The minimum atomic E-state index is 0.549. The molecule has 2 aromatic rings. The van der Waals surface area contributed by atoms with Crippen LogP contribution in [0, 0.1) is 0 Å². The zero-order chi connectivity index (χ0) is 13.8. The molecule has 0 radical (unpaired) electrons. The zero-order valence-electron chi connectivity index (χ0n) is 10.7. The van der Waals surface area contributed by atoms with Crippen molar-refractivity contribution < 1.29 is 0 Å². The monoisotopic (exact) mass is 338 g/mol. The van der Waals surface area contributed by atoms with Crippen LogP contribution in [-0.4, -0.2) is 7.05 Å². The highest BCUT2D eigenvalue weighted by Crippen LogP contribution is 2.28. The first-order valence-electron chi connectivity index (χ1n) is 6.05. The normalized spacial score (nSPS) is 10.5. The van der Waals surface area contributed by atoms with Gasteiger partial charge in [0, 0.05) is 29.6 Å². The van der Waals surface area contributed by atoms with Crippen molar-refractivity contribution in [1.82, 2.24) is 0 Å². The van der Waals surface area contributed by atoms with E-state index in [0.717, 1.165) is 32.9 Å². The van der Waals surface area contributed by atoms with Gasteiger partial charge in [-0.2, -0.15) is 0 Å². The van der Waals surface area contributed by atoms with E-state index in [1.54, 1.807) is 0 Å². The van der Waals surface area contributed by atoms with E-state index in [2.05, 4.69) is 33.0 Å². The van der Waals surface area contributed by atoms with Gasteiger partial charge in [0.15, 0.2) is 0 Å². The highest BCUT2D eigenvalue weighted by molar-refractivity contribution is 9.10. The number of nitrogens with zero attached hydrogens (tertiary/aromatic N) is 1. The average molecular weight is 340 g/mol. The van der Waals surface area contributed by atoms with Crippen LogP contribution in [0.2, 0.25) is 5.02 Å². The van der Waals surface area contributed by atoms with Crippen molar-refractivity contribution >= 4 is 33.2 Å². The smallest absolute Gasteiger partial charge is 0.0511 e. The molecule has 100 valence electrons. The lowest BCUT2D eigenvalue weighted by Gasteiger charge is -2.22. The third-order valence-electron chi connectivity index (χ3n) is 3.02. The van der Waals surface area contributed by atoms with Crippen molar-refractivity contribution in [3.8, 4) is 0 Å². The Bertz CT molecular complexity index is 572. The molecule has 0 fully saturated rings. The highest BCUT2D eigenvalue weighted by Gasteiger charge is 2.08. The quantitative estimate of drug-likeness (QED) is 0.904. The third-order valence-corrected chi connectivity index (χ3v) is 4.03. The molecule has 2 N–H and O–H groups in total. The molecule has 19 heavy (non-hydrogen) atoms. The second-order valence-corrected chi connectivity index (χ2v) is 5.70. The molecule has 0 saturated heterocycles. The van der Waals surface area contributed by atoms with Gasteiger partial charge in [-0.05, 0) is 45.3 Å². The summed E-state index contributed by atoms with van der Waals surface area (Å²) in [6.45, 7) is 1.31. The Labute approximate surface area is 127 Å². The Morgan fingerprint density at radius 2 is 1.95 bits per heavy atom. The van der Waals surface area contributed by atoms with Crippen LogP contribution < -0.4 is 10.6 Å². The minimum absolute atomic E-state index is 0.549. The summed E-state index contributed by atoms with van der Waals surface area (Å²) in [5.41, 5.74) is 8.98. The molecule has 0 aliphatic rings. The van der Waals surface area contributed by atoms with Gasteiger partial charge in [-0.25, -0.2) is 0 Å². The van der Waals surface area contributed by atoms with Crippen molar-refractivity contribution in [1.29, 1.82) is 0 Å². The van der Waals surface area contributed by atoms with Crippen LogP contribution in [-0.2, 0) is 13.1 Å². The van der Waals surface area contributed by atoms with Gasteiger partial charge in [0.1, 0.15) is 0 Å². The van der Waals surface area contributed by atoms with E-state index in [1.807, 2.05) is 37.4 Å². The molecule has 0 unspecified atom stereocenters. The second kappa shape index (κ2) is 6.42. The Morgan fingerprint density at radius 1 is 1.21 bits per heavy atom. The highest BCUT2D eigenvalue weighted by atomic mass is 79.9. The summed E-state index contributed by atoms with van der Waals surface area (Å²) in [6.07, 6.45) is 0.